The molecule has 1 N–H and O–H groups in total. The van der Waals surface area contributed by atoms with Crippen molar-refractivity contribution >= 4 is 21.8 Å². The molecule has 1 amide bonds. The third kappa shape index (κ3) is 2.98. The van der Waals surface area contributed by atoms with Crippen molar-refractivity contribution in [1.29, 1.82) is 0 Å². The Hall–Kier alpha value is -1.73. The molecular formula is C17H19BrN4O2. The minimum Gasteiger partial charge on any atom is -0.490 e. The highest BCUT2D eigenvalue weighted by atomic mass is 79.9. The normalized spacial score (nSPS) is 24.0. The van der Waals surface area contributed by atoms with Gasteiger partial charge in [0, 0.05) is 18.7 Å². The lowest BCUT2D eigenvalue weighted by Gasteiger charge is -2.26. The van der Waals surface area contributed by atoms with Crippen LogP contribution in [-0.4, -0.2) is 34.8 Å². The van der Waals surface area contributed by atoms with Crippen LogP contribution in [0.5, 0.6) is 5.75 Å². The van der Waals surface area contributed by atoms with Crippen molar-refractivity contribution in [3.05, 3.63) is 41.2 Å². The topological polar surface area (TPSA) is 66.3 Å². The van der Waals surface area contributed by atoms with Crippen LogP contribution in [0.3, 0.4) is 0 Å². The van der Waals surface area contributed by atoms with Gasteiger partial charge in [-0.05, 0) is 37.6 Å². The van der Waals surface area contributed by atoms with Gasteiger partial charge in [0.1, 0.15) is 16.7 Å². The summed E-state index contributed by atoms with van der Waals surface area (Å²) in [5.41, 5.74) is 3.32. The van der Waals surface area contributed by atoms with Gasteiger partial charge in [0.05, 0.1) is 11.9 Å². The van der Waals surface area contributed by atoms with E-state index in [1.54, 1.807) is 6.20 Å². The maximum Gasteiger partial charge on any atom is 0.284 e. The average Bonchev–Trinajstić information content (AvgIpc) is 3.03. The van der Waals surface area contributed by atoms with Gasteiger partial charge in [0.15, 0.2) is 0 Å². The Labute approximate surface area is 149 Å². The predicted molar refractivity (Wildman–Crippen MR) is 92.9 cm³/mol. The van der Waals surface area contributed by atoms with E-state index in [1.165, 1.54) is 11.1 Å². The number of piperidine rings is 1. The second-order valence-electron chi connectivity index (χ2n) is 6.29. The summed E-state index contributed by atoms with van der Waals surface area (Å²) in [6.07, 6.45) is 4.02. The number of rotatable bonds is 3. The van der Waals surface area contributed by atoms with Crippen LogP contribution in [0.25, 0.3) is 0 Å². The molecule has 1 atom stereocenters. The second kappa shape index (κ2) is 6.64. The number of nitrogens with zero attached hydrogens (tertiary/aromatic N) is 3. The lowest BCUT2D eigenvalue weighted by molar-refractivity contribution is -0.117. The van der Waals surface area contributed by atoms with E-state index in [9.17, 15) is 4.79 Å². The minimum absolute atomic E-state index is 0.255. The van der Waals surface area contributed by atoms with Crippen LogP contribution in [0.1, 0.15) is 24.0 Å². The quantitative estimate of drug-likeness (QED) is 0.805. The minimum atomic E-state index is -0.418. The molecule has 0 aliphatic carbocycles. The molecule has 3 aliphatic heterocycles. The monoisotopic (exact) mass is 390 g/mol. The van der Waals surface area contributed by atoms with Gasteiger partial charge < -0.3 is 15.0 Å². The summed E-state index contributed by atoms with van der Waals surface area (Å²) in [7, 11) is 0. The Morgan fingerprint density at radius 3 is 2.92 bits per heavy atom. The number of carbonyl (C=O) groups is 1. The average molecular weight is 391 g/mol. The Bertz CT molecular complexity index is 713. The zero-order chi connectivity index (χ0) is 16.5. The smallest absolute Gasteiger partial charge is 0.284 e. The second-order valence-corrected chi connectivity index (χ2v) is 7.20. The van der Waals surface area contributed by atoms with Crippen molar-refractivity contribution in [2.24, 2.45) is 10.2 Å². The summed E-state index contributed by atoms with van der Waals surface area (Å²) in [6, 6.07) is 6.22. The van der Waals surface area contributed by atoms with Gasteiger partial charge in [-0.3, -0.25) is 4.79 Å². The lowest BCUT2D eigenvalue weighted by Crippen LogP contribution is -2.34. The third-order valence-electron chi connectivity index (χ3n) is 4.71. The molecule has 0 spiro atoms. The summed E-state index contributed by atoms with van der Waals surface area (Å²) >= 11 is 3.42. The Kier molecular flexibility index (Phi) is 4.37. The van der Waals surface area contributed by atoms with Gasteiger partial charge in [0.25, 0.3) is 5.91 Å². The number of carbonyl (C=O) groups excluding carboxylic acids is 1. The molecule has 1 aromatic rings. The van der Waals surface area contributed by atoms with Gasteiger partial charge in [0.2, 0.25) is 0 Å². The Balaban J connectivity index is 1.54. The van der Waals surface area contributed by atoms with Crippen molar-refractivity contribution < 1.29 is 9.53 Å². The molecule has 3 heterocycles. The van der Waals surface area contributed by atoms with E-state index >= 15 is 0 Å². The molecule has 6 nitrogen and oxygen atoms in total. The van der Waals surface area contributed by atoms with Crippen molar-refractivity contribution in [1.82, 2.24) is 10.2 Å². The first-order valence-corrected chi connectivity index (χ1v) is 9.16. The van der Waals surface area contributed by atoms with E-state index in [0.29, 0.717) is 0 Å². The number of amides is 1. The van der Waals surface area contributed by atoms with Crippen LogP contribution in [0.2, 0.25) is 0 Å². The Morgan fingerprint density at radius 2 is 2.08 bits per heavy atom. The molecule has 1 fully saturated rings. The van der Waals surface area contributed by atoms with E-state index in [2.05, 4.69) is 48.5 Å². The van der Waals surface area contributed by atoms with Crippen molar-refractivity contribution in [3.63, 3.8) is 0 Å². The first kappa shape index (κ1) is 15.8. The van der Waals surface area contributed by atoms with Crippen molar-refractivity contribution in [3.8, 4) is 5.75 Å². The van der Waals surface area contributed by atoms with E-state index in [1.807, 2.05) is 6.07 Å². The molecule has 3 aliphatic rings. The SMILES string of the molecule is O=C1N=NC=C(N2Cc3cccc(OC4CCNCC4)c3C2)C1Br. The molecular weight excluding hydrogens is 372 g/mol. The molecule has 4 rings (SSSR count). The summed E-state index contributed by atoms with van der Waals surface area (Å²) < 4.78 is 6.28. The summed E-state index contributed by atoms with van der Waals surface area (Å²) in [4.78, 5) is 13.5. The standard InChI is InChI=1S/C17H19BrN4O2/c18-16-14(8-20-21-17(16)23)22-9-11-2-1-3-15(13(11)10-22)24-12-4-6-19-7-5-12/h1-3,8,12,16,19H,4-7,9-10H2. The summed E-state index contributed by atoms with van der Waals surface area (Å²) in [5, 5.41) is 10.8. The van der Waals surface area contributed by atoms with Crippen LogP contribution >= 0.6 is 15.9 Å². The molecule has 126 valence electrons. The van der Waals surface area contributed by atoms with Crippen LogP contribution in [0.4, 0.5) is 0 Å². The lowest BCUT2D eigenvalue weighted by atomic mass is 10.1. The number of alkyl halides is 1. The maximum atomic E-state index is 11.8. The molecule has 0 radical (unpaired) electrons. The highest BCUT2D eigenvalue weighted by molar-refractivity contribution is 9.10. The molecule has 24 heavy (non-hydrogen) atoms. The fourth-order valence-electron chi connectivity index (χ4n) is 3.41. The Morgan fingerprint density at radius 1 is 1.25 bits per heavy atom. The molecule has 0 bridgehead atoms. The predicted octanol–water partition coefficient (Wildman–Crippen LogP) is 2.73. The first-order valence-electron chi connectivity index (χ1n) is 8.24. The molecule has 1 aromatic carbocycles. The van der Waals surface area contributed by atoms with Crippen LogP contribution in [0.15, 0.2) is 40.3 Å². The number of hydrogen-bond acceptors (Lipinski definition) is 5. The number of fused-ring (bicyclic) bond motifs is 1. The number of hydrogen-bond donors (Lipinski definition) is 1. The molecule has 1 saturated heterocycles. The van der Waals surface area contributed by atoms with Gasteiger partial charge >= 0.3 is 0 Å². The van der Waals surface area contributed by atoms with Crippen molar-refractivity contribution in [2.45, 2.75) is 36.9 Å². The van der Waals surface area contributed by atoms with Crippen LogP contribution in [0, 0.1) is 0 Å². The van der Waals surface area contributed by atoms with Crippen LogP contribution in [-0.2, 0) is 17.9 Å². The van der Waals surface area contributed by atoms with E-state index < -0.39 is 4.83 Å². The first-order chi connectivity index (χ1) is 11.7. The molecule has 0 saturated carbocycles. The van der Waals surface area contributed by atoms with Crippen molar-refractivity contribution in [2.75, 3.05) is 13.1 Å². The zero-order valence-corrected chi connectivity index (χ0v) is 14.8. The van der Waals surface area contributed by atoms with E-state index in [4.69, 9.17) is 4.74 Å². The number of nitrogens with one attached hydrogen (secondary N) is 1. The molecule has 1 unspecified atom stereocenters. The van der Waals surface area contributed by atoms with Gasteiger partial charge in [-0.1, -0.05) is 28.1 Å². The van der Waals surface area contributed by atoms with Gasteiger partial charge in [-0.25, -0.2) is 0 Å². The number of benzene rings is 1. The maximum absolute atomic E-state index is 11.8. The highest BCUT2D eigenvalue weighted by Crippen LogP contribution is 2.36. The van der Waals surface area contributed by atoms with Gasteiger partial charge in [-0.2, -0.15) is 5.11 Å². The fourth-order valence-corrected chi connectivity index (χ4v) is 3.91. The number of ether oxygens (including phenoxy) is 1. The largest absolute Gasteiger partial charge is 0.490 e. The van der Waals surface area contributed by atoms with E-state index in [-0.39, 0.29) is 12.0 Å². The highest BCUT2D eigenvalue weighted by Gasteiger charge is 2.32. The number of halogens is 1. The summed E-state index contributed by atoms with van der Waals surface area (Å²) in [5.74, 6) is 0.715. The molecule has 7 heteroatoms. The number of azo groups is 1. The molecule has 0 aromatic heterocycles. The summed E-state index contributed by atoms with van der Waals surface area (Å²) in [6.45, 7) is 3.51. The van der Waals surface area contributed by atoms with Crippen LogP contribution < -0.4 is 10.1 Å². The van der Waals surface area contributed by atoms with Gasteiger partial charge in [-0.15, -0.1) is 5.11 Å². The third-order valence-corrected chi connectivity index (χ3v) is 5.57. The van der Waals surface area contributed by atoms with E-state index in [0.717, 1.165) is 50.5 Å². The fraction of sp³-hybridized carbons (Fsp3) is 0.471. The zero-order valence-electron chi connectivity index (χ0n) is 13.2.